The van der Waals surface area contributed by atoms with E-state index in [4.69, 9.17) is 0 Å². The van der Waals surface area contributed by atoms with Gasteiger partial charge in [0.05, 0.1) is 5.52 Å². The van der Waals surface area contributed by atoms with Crippen molar-refractivity contribution < 1.29 is 0 Å². The lowest BCUT2D eigenvalue weighted by atomic mass is 10.1. The van der Waals surface area contributed by atoms with E-state index in [-0.39, 0.29) is 5.56 Å². The van der Waals surface area contributed by atoms with E-state index in [2.05, 4.69) is 16.7 Å². The third-order valence-electron chi connectivity index (χ3n) is 3.17. The predicted molar refractivity (Wildman–Crippen MR) is 65.7 cm³/mol. The first kappa shape index (κ1) is 9.21. The first-order valence-corrected chi connectivity index (χ1v) is 5.22. The van der Waals surface area contributed by atoms with Gasteiger partial charge in [0.15, 0.2) is 0 Å². The van der Waals surface area contributed by atoms with Gasteiger partial charge in [-0.15, -0.1) is 0 Å². The highest BCUT2D eigenvalue weighted by Gasteiger charge is 2.05. The largest absolute Gasteiger partial charge is 0.351 e. The Labute approximate surface area is 92.5 Å². The van der Waals surface area contributed by atoms with E-state index >= 15 is 0 Å². The molecule has 0 saturated carbocycles. The number of hydrogen-bond donors (Lipinski definition) is 0. The van der Waals surface area contributed by atoms with Crippen LogP contribution in [0.1, 0.15) is 0 Å². The maximum Gasteiger partial charge on any atom is 0.250 e. The van der Waals surface area contributed by atoms with Crippen LogP contribution in [0.3, 0.4) is 0 Å². The van der Waals surface area contributed by atoms with Crippen molar-refractivity contribution in [3.63, 3.8) is 0 Å². The number of rotatable bonds is 0. The van der Waals surface area contributed by atoms with Gasteiger partial charge in [-0.05, 0) is 24.3 Å². The van der Waals surface area contributed by atoms with Gasteiger partial charge in [0.25, 0.3) is 5.56 Å². The molecule has 0 bridgehead atoms. The zero-order valence-electron chi connectivity index (χ0n) is 9.27. The van der Waals surface area contributed by atoms with Crippen molar-refractivity contribution in [3.05, 3.63) is 46.9 Å². The number of fused-ring (bicyclic) bond motifs is 3. The van der Waals surface area contributed by atoms with Crippen molar-refractivity contribution in [1.82, 2.24) is 9.13 Å². The summed E-state index contributed by atoms with van der Waals surface area (Å²) in [7, 11) is 3.83. The summed E-state index contributed by atoms with van der Waals surface area (Å²) in [5.41, 5.74) is 2.19. The minimum Gasteiger partial charge on any atom is -0.351 e. The average Bonchev–Trinajstić information content (AvgIpc) is 2.66. The van der Waals surface area contributed by atoms with Crippen molar-refractivity contribution in [3.8, 4) is 0 Å². The van der Waals surface area contributed by atoms with Crippen LogP contribution in [0.25, 0.3) is 21.8 Å². The smallest absolute Gasteiger partial charge is 0.250 e. The molecule has 0 unspecified atom stereocenters. The van der Waals surface area contributed by atoms with Gasteiger partial charge in [0.2, 0.25) is 0 Å². The van der Waals surface area contributed by atoms with Crippen molar-refractivity contribution in [2.24, 2.45) is 14.1 Å². The van der Waals surface area contributed by atoms with Crippen LogP contribution in [-0.2, 0) is 14.1 Å². The Morgan fingerprint density at radius 2 is 1.56 bits per heavy atom. The summed E-state index contributed by atoms with van der Waals surface area (Å²) in [6.45, 7) is 0. The van der Waals surface area contributed by atoms with E-state index in [1.807, 2.05) is 25.4 Å². The van der Waals surface area contributed by atoms with Gasteiger partial charge in [0.1, 0.15) is 0 Å². The van der Waals surface area contributed by atoms with Gasteiger partial charge in [-0.3, -0.25) is 4.79 Å². The molecule has 0 amide bonds. The maximum absolute atomic E-state index is 11.5. The van der Waals surface area contributed by atoms with Crippen LogP contribution in [0, 0.1) is 0 Å². The summed E-state index contributed by atoms with van der Waals surface area (Å²) < 4.78 is 3.77. The molecule has 0 radical (unpaired) electrons. The lowest BCUT2D eigenvalue weighted by Gasteiger charge is -2.05. The molecule has 0 spiro atoms. The van der Waals surface area contributed by atoms with Crippen molar-refractivity contribution in [1.29, 1.82) is 0 Å². The Morgan fingerprint density at radius 3 is 2.38 bits per heavy atom. The van der Waals surface area contributed by atoms with E-state index < -0.39 is 0 Å². The lowest BCUT2D eigenvalue weighted by molar-refractivity contribution is 0.906. The van der Waals surface area contributed by atoms with Crippen LogP contribution >= 0.6 is 0 Å². The monoisotopic (exact) mass is 212 g/mol. The molecule has 16 heavy (non-hydrogen) atoms. The second-order valence-corrected chi connectivity index (χ2v) is 4.09. The molecule has 3 rings (SSSR count). The van der Waals surface area contributed by atoms with Crippen LogP contribution < -0.4 is 5.56 Å². The highest BCUT2D eigenvalue weighted by atomic mass is 16.1. The molecule has 3 nitrogen and oxygen atoms in total. The number of pyridine rings is 1. The van der Waals surface area contributed by atoms with Crippen LogP contribution in [0.15, 0.2) is 41.3 Å². The summed E-state index contributed by atoms with van der Waals surface area (Å²) in [4.78, 5) is 11.5. The van der Waals surface area contributed by atoms with Crippen LogP contribution in [0.4, 0.5) is 0 Å². The number of nitrogens with zero attached hydrogens (tertiary/aromatic N) is 2. The average molecular weight is 212 g/mol. The number of aryl methyl sites for hydroxylation is 2. The lowest BCUT2D eigenvalue weighted by Crippen LogP contribution is -2.14. The second-order valence-electron chi connectivity index (χ2n) is 4.09. The molecular weight excluding hydrogens is 200 g/mol. The molecule has 3 heteroatoms. The minimum absolute atomic E-state index is 0.0304. The molecule has 1 aromatic carbocycles. The van der Waals surface area contributed by atoms with E-state index in [1.165, 1.54) is 10.9 Å². The summed E-state index contributed by atoms with van der Waals surface area (Å²) in [5.74, 6) is 0. The second kappa shape index (κ2) is 2.98. The predicted octanol–water partition coefficient (Wildman–Crippen LogP) is 2.03. The Kier molecular flexibility index (Phi) is 1.72. The first-order valence-electron chi connectivity index (χ1n) is 5.22. The molecule has 0 fully saturated rings. The zero-order valence-corrected chi connectivity index (χ0v) is 9.27. The van der Waals surface area contributed by atoms with Crippen molar-refractivity contribution in [2.45, 2.75) is 0 Å². The summed E-state index contributed by atoms with van der Waals surface area (Å²) >= 11 is 0. The van der Waals surface area contributed by atoms with Gasteiger partial charge < -0.3 is 9.13 Å². The molecule has 2 aromatic heterocycles. The Bertz CT molecular complexity index is 750. The maximum atomic E-state index is 11.5. The normalized spacial score (nSPS) is 11.4. The number of hydrogen-bond acceptors (Lipinski definition) is 1. The quantitative estimate of drug-likeness (QED) is 0.560. The van der Waals surface area contributed by atoms with Gasteiger partial charge in [-0.1, -0.05) is 0 Å². The topological polar surface area (TPSA) is 26.9 Å². The van der Waals surface area contributed by atoms with E-state index in [0.717, 1.165) is 10.9 Å². The van der Waals surface area contributed by atoms with E-state index in [1.54, 1.807) is 17.7 Å². The number of aromatic nitrogens is 2. The fraction of sp³-hybridized carbons (Fsp3) is 0.154. The van der Waals surface area contributed by atoms with Gasteiger partial charge in [-0.2, -0.15) is 0 Å². The number of benzene rings is 1. The van der Waals surface area contributed by atoms with E-state index in [9.17, 15) is 4.79 Å². The first-order chi connectivity index (χ1) is 7.68. The molecule has 0 saturated heterocycles. The molecule has 80 valence electrons. The fourth-order valence-corrected chi connectivity index (χ4v) is 2.22. The zero-order chi connectivity index (χ0) is 11.3. The van der Waals surface area contributed by atoms with Crippen molar-refractivity contribution in [2.75, 3.05) is 0 Å². The molecule has 0 aliphatic carbocycles. The molecule has 0 aliphatic rings. The molecule has 0 aliphatic heterocycles. The molecule has 3 aromatic rings. The van der Waals surface area contributed by atoms with E-state index in [0.29, 0.717) is 0 Å². The fourth-order valence-electron chi connectivity index (χ4n) is 2.22. The molecular formula is C13H12N2O. The highest BCUT2D eigenvalue weighted by molar-refractivity contribution is 6.05. The molecule has 2 heterocycles. The standard InChI is InChI=1S/C13H12N2O/c1-14-8-7-10-9-3-6-13(16)15(2)12(9)5-4-11(10)14/h3-8H,1-2H3. The summed E-state index contributed by atoms with van der Waals surface area (Å²) in [5, 5.41) is 2.32. The molecule has 0 atom stereocenters. The van der Waals surface area contributed by atoms with Gasteiger partial charge in [-0.25, -0.2) is 0 Å². The van der Waals surface area contributed by atoms with Gasteiger partial charge >= 0.3 is 0 Å². The minimum atomic E-state index is 0.0304. The third kappa shape index (κ3) is 1.05. The SMILES string of the molecule is Cn1ccc2c3ccc(=O)n(C)c3ccc21. The third-order valence-corrected chi connectivity index (χ3v) is 3.17. The Balaban J connectivity index is 2.63. The Hall–Kier alpha value is -2.03. The van der Waals surface area contributed by atoms with Gasteiger partial charge in [0, 0.05) is 42.6 Å². The summed E-state index contributed by atoms with van der Waals surface area (Å²) in [6.07, 6.45) is 2.04. The molecule has 0 N–H and O–H groups in total. The van der Waals surface area contributed by atoms with Crippen LogP contribution in [-0.4, -0.2) is 9.13 Å². The highest BCUT2D eigenvalue weighted by Crippen LogP contribution is 2.24. The summed E-state index contributed by atoms with van der Waals surface area (Å²) in [6, 6.07) is 9.66. The van der Waals surface area contributed by atoms with Crippen LogP contribution in [0.2, 0.25) is 0 Å². The Morgan fingerprint density at radius 1 is 0.875 bits per heavy atom. The van der Waals surface area contributed by atoms with Crippen LogP contribution in [0.5, 0.6) is 0 Å². The van der Waals surface area contributed by atoms with Crippen molar-refractivity contribution >= 4 is 21.8 Å².